The van der Waals surface area contributed by atoms with Crippen LogP contribution in [0.5, 0.6) is 0 Å². The van der Waals surface area contributed by atoms with Gasteiger partial charge < -0.3 is 5.32 Å². The molecule has 1 aliphatic heterocycles. The Morgan fingerprint density at radius 1 is 1.62 bits per heavy atom. The summed E-state index contributed by atoms with van der Waals surface area (Å²) in [5.41, 5.74) is 0. The summed E-state index contributed by atoms with van der Waals surface area (Å²) in [6.45, 7) is 0. The maximum Gasteiger partial charge on any atom is 0.138 e. The third-order valence-electron chi connectivity index (χ3n) is 3.24. The molecule has 2 rings (SSSR count). The summed E-state index contributed by atoms with van der Waals surface area (Å²) in [7, 11) is 4.01. The van der Waals surface area contributed by atoms with E-state index in [9.17, 15) is 0 Å². The van der Waals surface area contributed by atoms with Gasteiger partial charge in [-0.25, -0.2) is 4.98 Å². The molecule has 16 heavy (non-hydrogen) atoms. The van der Waals surface area contributed by atoms with Crippen molar-refractivity contribution in [1.82, 2.24) is 20.1 Å². The van der Waals surface area contributed by atoms with Crippen LogP contribution in [0.3, 0.4) is 0 Å². The molecule has 0 bridgehead atoms. The van der Waals surface area contributed by atoms with E-state index in [-0.39, 0.29) is 0 Å². The van der Waals surface area contributed by atoms with Crippen molar-refractivity contribution in [2.24, 2.45) is 7.05 Å². The molecule has 0 aliphatic carbocycles. The normalized spacial score (nSPS) is 23.2. The second kappa shape index (κ2) is 5.68. The van der Waals surface area contributed by atoms with Crippen LogP contribution in [-0.4, -0.2) is 38.9 Å². The van der Waals surface area contributed by atoms with E-state index >= 15 is 0 Å². The maximum atomic E-state index is 4.30. The van der Waals surface area contributed by atoms with Gasteiger partial charge in [0.15, 0.2) is 0 Å². The molecule has 5 heteroatoms. The van der Waals surface area contributed by atoms with Crippen LogP contribution in [0.15, 0.2) is 6.33 Å². The Balaban J connectivity index is 1.97. The number of aromatic nitrogens is 3. The lowest BCUT2D eigenvalue weighted by molar-refractivity contribution is 0.478. The van der Waals surface area contributed by atoms with Crippen molar-refractivity contribution < 1.29 is 0 Å². The molecule has 1 saturated heterocycles. The predicted molar refractivity (Wildman–Crippen MR) is 67.7 cm³/mol. The predicted octanol–water partition coefficient (Wildman–Crippen LogP) is 1.23. The van der Waals surface area contributed by atoms with Crippen LogP contribution in [0.1, 0.15) is 25.1 Å². The zero-order valence-electron chi connectivity index (χ0n) is 10.0. The second-order valence-corrected chi connectivity index (χ2v) is 5.65. The van der Waals surface area contributed by atoms with Crippen molar-refractivity contribution in [2.75, 3.05) is 12.8 Å². The van der Waals surface area contributed by atoms with Gasteiger partial charge in [-0.1, -0.05) is 6.42 Å². The van der Waals surface area contributed by atoms with Crippen LogP contribution >= 0.6 is 11.8 Å². The summed E-state index contributed by atoms with van der Waals surface area (Å²) in [6.07, 6.45) is 6.69. The fraction of sp³-hybridized carbons (Fsp3) is 0.818. The number of thioether (sulfide) groups is 1. The van der Waals surface area contributed by atoms with Gasteiger partial charge in [0.1, 0.15) is 12.2 Å². The van der Waals surface area contributed by atoms with Crippen molar-refractivity contribution in [3.8, 4) is 0 Å². The molecule has 0 spiro atoms. The first-order chi connectivity index (χ1) is 7.81. The number of aryl methyl sites for hydroxylation is 1. The Morgan fingerprint density at radius 2 is 2.50 bits per heavy atom. The van der Waals surface area contributed by atoms with E-state index in [0.29, 0.717) is 6.04 Å². The molecule has 2 atom stereocenters. The van der Waals surface area contributed by atoms with Gasteiger partial charge in [-0.3, -0.25) is 4.68 Å². The van der Waals surface area contributed by atoms with Crippen LogP contribution < -0.4 is 5.32 Å². The molecule has 1 aliphatic rings. The van der Waals surface area contributed by atoms with Crippen LogP contribution in [0.4, 0.5) is 0 Å². The molecule has 90 valence electrons. The summed E-state index contributed by atoms with van der Waals surface area (Å²) >= 11 is 2.10. The number of likely N-dealkylation sites (N-methyl/N-ethyl adjacent to an activating group) is 1. The van der Waals surface area contributed by atoms with Crippen molar-refractivity contribution >= 4 is 11.8 Å². The molecule has 1 fully saturated rings. The van der Waals surface area contributed by atoms with E-state index in [0.717, 1.165) is 17.5 Å². The number of hydrogen-bond acceptors (Lipinski definition) is 4. The average Bonchev–Trinajstić information content (AvgIpc) is 2.73. The van der Waals surface area contributed by atoms with Gasteiger partial charge in [0.2, 0.25) is 0 Å². The van der Waals surface area contributed by atoms with Gasteiger partial charge in [0.25, 0.3) is 0 Å². The van der Waals surface area contributed by atoms with Crippen molar-refractivity contribution in [3.63, 3.8) is 0 Å². The summed E-state index contributed by atoms with van der Waals surface area (Å²) < 4.78 is 1.87. The highest BCUT2D eigenvalue weighted by Crippen LogP contribution is 2.28. The van der Waals surface area contributed by atoms with Crippen LogP contribution in [0.25, 0.3) is 0 Å². The molecular formula is C11H20N4S. The van der Waals surface area contributed by atoms with Crippen molar-refractivity contribution in [2.45, 2.75) is 37.0 Å². The fourth-order valence-electron chi connectivity index (χ4n) is 2.20. The molecule has 0 saturated carbocycles. The van der Waals surface area contributed by atoms with E-state index in [1.54, 1.807) is 6.33 Å². The van der Waals surface area contributed by atoms with Gasteiger partial charge in [-0.05, 0) is 25.6 Å². The Bertz CT molecular complexity index is 320. The van der Waals surface area contributed by atoms with Gasteiger partial charge >= 0.3 is 0 Å². The van der Waals surface area contributed by atoms with E-state index in [1.165, 1.54) is 25.0 Å². The minimum Gasteiger partial charge on any atom is -0.315 e. The number of nitrogens with zero attached hydrogens (tertiary/aromatic N) is 3. The van der Waals surface area contributed by atoms with E-state index in [4.69, 9.17) is 0 Å². The zero-order chi connectivity index (χ0) is 11.4. The molecule has 0 amide bonds. The lowest BCUT2D eigenvalue weighted by Crippen LogP contribution is -2.39. The molecule has 0 aromatic carbocycles. The molecule has 1 aromatic rings. The zero-order valence-corrected chi connectivity index (χ0v) is 10.8. The first-order valence-corrected chi connectivity index (χ1v) is 6.98. The van der Waals surface area contributed by atoms with Crippen LogP contribution in [0.2, 0.25) is 0 Å². The third-order valence-corrected chi connectivity index (χ3v) is 4.76. The number of nitrogens with one attached hydrogen (secondary N) is 1. The van der Waals surface area contributed by atoms with Crippen LogP contribution in [-0.2, 0) is 13.5 Å². The summed E-state index contributed by atoms with van der Waals surface area (Å²) in [4.78, 5) is 4.30. The SMILES string of the molecule is CNC(Cc1ncnn1C)C1CCCCS1. The monoisotopic (exact) mass is 240 g/mol. The highest BCUT2D eigenvalue weighted by molar-refractivity contribution is 8.00. The third kappa shape index (κ3) is 2.77. The fourth-order valence-corrected chi connectivity index (χ4v) is 3.68. The van der Waals surface area contributed by atoms with Gasteiger partial charge in [-0.15, -0.1) is 0 Å². The Kier molecular flexibility index (Phi) is 4.23. The summed E-state index contributed by atoms with van der Waals surface area (Å²) in [6, 6.07) is 0.521. The molecule has 2 unspecified atom stereocenters. The largest absolute Gasteiger partial charge is 0.315 e. The Hall–Kier alpha value is -0.550. The smallest absolute Gasteiger partial charge is 0.138 e. The topological polar surface area (TPSA) is 42.7 Å². The second-order valence-electron chi connectivity index (χ2n) is 4.30. The first kappa shape index (κ1) is 11.9. The highest BCUT2D eigenvalue weighted by Gasteiger charge is 2.24. The van der Waals surface area contributed by atoms with Gasteiger partial charge in [-0.2, -0.15) is 16.9 Å². The quantitative estimate of drug-likeness (QED) is 0.859. The summed E-state index contributed by atoms with van der Waals surface area (Å²) in [5, 5.41) is 8.29. The molecule has 2 heterocycles. The summed E-state index contributed by atoms with van der Waals surface area (Å²) in [5.74, 6) is 2.38. The van der Waals surface area contributed by atoms with Gasteiger partial charge in [0.05, 0.1) is 0 Å². The van der Waals surface area contributed by atoms with Gasteiger partial charge in [0, 0.05) is 24.8 Å². The maximum absolute atomic E-state index is 4.30. The average molecular weight is 240 g/mol. The molecular weight excluding hydrogens is 220 g/mol. The number of hydrogen-bond donors (Lipinski definition) is 1. The molecule has 4 nitrogen and oxygen atoms in total. The molecule has 0 radical (unpaired) electrons. The van der Waals surface area contributed by atoms with E-state index < -0.39 is 0 Å². The highest BCUT2D eigenvalue weighted by atomic mass is 32.2. The first-order valence-electron chi connectivity index (χ1n) is 5.93. The Morgan fingerprint density at radius 3 is 3.06 bits per heavy atom. The van der Waals surface area contributed by atoms with Crippen molar-refractivity contribution in [3.05, 3.63) is 12.2 Å². The number of rotatable bonds is 4. The minimum absolute atomic E-state index is 0.521. The van der Waals surface area contributed by atoms with E-state index in [1.807, 2.05) is 11.7 Å². The van der Waals surface area contributed by atoms with Crippen molar-refractivity contribution in [1.29, 1.82) is 0 Å². The lowest BCUT2D eigenvalue weighted by atomic mass is 10.0. The molecule has 1 aromatic heterocycles. The van der Waals surface area contributed by atoms with E-state index in [2.05, 4.69) is 34.2 Å². The lowest BCUT2D eigenvalue weighted by Gasteiger charge is -2.29. The Labute approximate surface area is 101 Å². The molecule has 1 N–H and O–H groups in total. The van der Waals surface area contributed by atoms with Crippen LogP contribution in [0, 0.1) is 0 Å². The minimum atomic E-state index is 0.521. The standard InChI is InChI=1S/C11H20N4S/c1-12-9(10-5-3-4-6-16-10)7-11-13-8-14-15(11)2/h8-10,12H,3-7H2,1-2H3.